The summed E-state index contributed by atoms with van der Waals surface area (Å²) in [5, 5.41) is 17.1. The zero-order valence-electron chi connectivity index (χ0n) is 27.7. The van der Waals surface area contributed by atoms with E-state index in [1.807, 2.05) is 54.6 Å². The molecule has 4 aromatic rings. The van der Waals surface area contributed by atoms with Gasteiger partial charge in [0.2, 0.25) is 5.88 Å². The van der Waals surface area contributed by atoms with Crippen molar-refractivity contribution < 1.29 is 14.6 Å². The van der Waals surface area contributed by atoms with Gasteiger partial charge in [-0.1, -0.05) is 38.1 Å². The average Bonchev–Trinajstić information content (AvgIpc) is 3.47. The van der Waals surface area contributed by atoms with Gasteiger partial charge in [0.15, 0.2) is 0 Å². The van der Waals surface area contributed by atoms with Gasteiger partial charge in [0.25, 0.3) is 5.91 Å². The average molecular weight is 633 g/mol. The van der Waals surface area contributed by atoms with Crippen LogP contribution in [0.15, 0.2) is 84.0 Å². The van der Waals surface area contributed by atoms with Gasteiger partial charge in [-0.05, 0) is 104 Å². The molecule has 0 aliphatic carbocycles. The number of phenols is 1. The number of benzene rings is 3. The maximum atomic E-state index is 13.3. The van der Waals surface area contributed by atoms with Crippen LogP contribution in [0.4, 0.5) is 11.4 Å². The lowest BCUT2D eigenvalue weighted by Gasteiger charge is -2.30. The van der Waals surface area contributed by atoms with E-state index in [1.54, 1.807) is 19.4 Å². The van der Waals surface area contributed by atoms with Gasteiger partial charge in [-0.25, -0.2) is 4.98 Å². The standard InChI is InChI=1S/C38H44N6O3/c1-5-44-20-17-38(2,25-44)24-43(3)19-16-26-8-13-30(14-9-26)41-36(46)28-10-11-29-23-40-35(42-33(29)22-28)32-21-27(12-15-34(32)45)31-7-6-18-39-37(31)47-4/h6-15,18,21-22,45H,5,16-17,19-20,23-25H2,1-4H3,(H,40,42)(H,41,46). The first-order chi connectivity index (χ1) is 22.7. The molecule has 0 radical (unpaired) electrons. The van der Waals surface area contributed by atoms with Crippen molar-refractivity contribution in [3.63, 3.8) is 0 Å². The summed E-state index contributed by atoms with van der Waals surface area (Å²) in [5.74, 6) is 0.935. The number of carbonyl (C=O) groups excluding carboxylic acids is 1. The van der Waals surface area contributed by atoms with E-state index < -0.39 is 0 Å². The number of nitrogens with zero attached hydrogens (tertiary/aromatic N) is 4. The number of pyridine rings is 1. The number of aliphatic imine (C=N–C) groups is 1. The summed E-state index contributed by atoms with van der Waals surface area (Å²) in [6.07, 6.45) is 3.90. The number of carbonyl (C=O) groups is 1. The van der Waals surface area contributed by atoms with Gasteiger partial charge in [-0.2, -0.15) is 0 Å². The first-order valence-electron chi connectivity index (χ1n) is 16.3. The smallest absolute Gasteiger partial charge is 0.255 e. The van der Waals surface area contributed by atoms with E-state index in [1.165, 1.54) is 25.1 Å². The summed E-state index contributed by atoms with van der Waals surface area (Å²) < 4.78 is 5.43. The highest BCUT2D eigenvalue weighted by atomic mass is 16.5. The number of anilines is 2. The molecule has 9 nitrogen and oxygen atoms in total. The number of likely N-dealkylation sites (tertiary alicyclic amines) is 1. The van der Waals surface area contributed by atoms with E-state index in [0.717, 1.165) is 54.1 Å². The number of phenolic OH excluding ortho intramolecular Hbond substituents is 1. The Morgan fingerprint density at radius 1 is 1.11 bits per heavy atom. The van der Waals surface area contributed by atoms with Crippen molar-refractivity contribution in [1.29, 1.82) is 0 Å². The molecule has 2 aliphatic rings. The van der Waals surface area contributed by atoms with Crippen LogP contribution in [-0.2, 0) is 13.0 Å². The number of hydrogen-bond acceptors (Lipinski definition) is 8. The second kappa shape index (κ2) is 13.9. The number of methoxy groups -OCH3 is 1. The summed E-state index contributed by atoms with van der Waals surface area (Å²) in [5.41, 5.74) is 6.84. The largest absolute Gasteiger partial charge is 0.507 e. The predicted molar refractivity (Wildman–Crippen MR) is 189 cm³/mol. The molecule has 6 rings (SSSR count). The van der Waals surface area contributed by atoms with E-state index in [-0.39, 0.29) is 11.7 Å². The molecule has 1 saturated heterocycles. The summed E-state index contributed by atoms with van der Waals surface area (Å²) in [7, 11) is 3.80. The molecule has 1 aromatic heterocycles. The Bertz CT molecular complexity index is 1770. The molecule has 0 saturated carbocycles. The Hall–Kier alpha value is -4.73. The van der Waals surface area contributed by atoms with E-state index >= 15 is 0 Å². The van der Waals surface area contributed by atoms with Crippen molar-refractivity contribution >= 4 is 23.1 Å². The number of likely N-dealkylation sites (N-methyl/N-ethyl adjacent to an activating group) is 1. The number of aromatic hydroxyl groups is 1. The topological polar surface area (TPSA) is 102 Å². The molecule has 9 heteroatoms. The molecule has 2 aliphatic heterocycles. The maximum absolute atomic E-state index is 13.3. The van der Waals surface area contributed by atoms with Crippen LogP contribution in [0.25, 0.3) is 11.1 Å². The molecular weight excluding hydrogens is 588 g/mol. The number of rotatable bonds is 11. The van der Waals surface area contributed by atoms with Gasteiger partial charge in [0.05, 0.1) is 19.2 Å². The highest BCUT2D eigenvalue weighted by Crippen LogP contribution is 2.34. The van der Waals surface area contributed by atoms with Gasteiger partial charge in [-0.15, -0.1) is 0 Å². The summed E-state index contributed by atoms with van der Waals surface area (Å²) >= 11 is 0. The van der Waals surface area contributed by atoms with E-state index in [9.17, 15) is 9.90 Å². The zero-order chi connectivity index (χ0) is 33.0. The predicted octanol–water partition coefficient (Wildman–Crippen LogP) is 6.29. The van der Waals surface area contributed by atoms with Crippen molar-refractivity contribution in [3.8, 4) is 22.8 Å². The monoisotopic (exact) mass is 632 g/mol. The van der Waals surface area contributed by atoms with E-state index in [2.05, 4.69) is 63.4 Å². The Morgan fingerprint density at radius 3 is 2.70 bits per heavy atom. The first-order valence-corrected chi connectivity index (χ1v) is 16.3. The second-order valence-electron chi connectivity index (χ2n) is 13.0. The lowest BCUT2D eigenvalue weighted by atomic mass is 9.89. The number of nitrogens with one attached hydrogen (secondary N) is 2. The molecular formula is C38H44N6O3. The van der Waals surface area contributed by atoms with Crippen LogP contribution in [0.1, 0.15) is 47.3 Å². The fourth-order valence-electron chi connectivity index (χ4n) is 6.66. The minimum Gasteiger partial charge on any atom is -0.507 e. The van der Waals surface area contributed by atoms with E-state index in [4.69, 9.17) is 4.74 Å². The van der Waals surface area contributed by atoms with Gasteiger partial charge in [0, 0.05) is 48.3 Å². The van der Waals surface area contributed by atoms with Crippen LogP contribution >= 0.6 is 0 Å². The zero-order valence-corrected chi connectivity index (χ0v) is 27.7. The van der Waals surface area contributed by atoms with E-state index in [0.29, 0.717) is 34.8 Å². The molecule has 47 heavy (non-hydrogen) atoms. The maximum Gasteiger partial charge on any atom is 0.255 e. The summed E-state index contributed by atoms with van der Waals surface area (Å²) in [6, 6.07) is 22.8. The number of amides is 1. The Kier molecular flexibility index (Phi) is 9.56. The third kappa shape index (κ3) is 7.48. The molecule has 3 aromatic carbocycles. The van der Waals surface area contributed by atoms with Gasteiger partial charge < -0.3 is 30.3 Å². The summed E-state index contributed by atoms with van der Waals surface area (Å²) in [4.78, 5) is 27.2. The molecule has 0 bridgehead atoms. The number of hydrogen-bond donors (Lipinski definition) is 3. The van der Waals surface area contributed by atoms with Crippen LogP contribution in [0.3, 0.4) is 0 Å². The molecule has 244 valence electrons. The molecule has 3 N–H and O–H groups in total. The molecule has 0 spiro atoms. The Labute approximate surface area is 277 Å². The fraction of sp³-hybridized carbons (Fsp3) is 0.342. The van der Waals surface area contributed by atoms with Crippen LogP contribution in [-0.4, -0.2) is 78.5 Å². The number of aromatic nitrogens is 1. The third-order valence-corrected chi connectivity index (χ3v) is 9.29. The van der Waals surface area contributed by atoms with Gasteiger partial charge >= 0.3 is 0 Å². The van der Waals surface area contributed by atoms with Crippen molar-refractivity contribution in [2.75, 3.05) is 57.5 Å². The van der Waals surface area contributed by atoms with Crippen LogP contribution < -0.4 is 15.4 Å². The Balaban J connectivity index is 1.07. The normalized spacial score (nSPS) is 17.6. The quantitative estimate of drug-likeness (QED) is 0.179. The first kappa shape index (κ1) is 32.2. The minimum atomic E-state index is -0.189. The van der Waals surface area contributed by atoms with Gasteiger partial charge in [0.1, 0.15) is 11.6 Å². The number of ether oxygens (including phenoxy) is 1. The minimum absolute atomic E-state index is 0.0988. The van der Waals surface area contributed by atoms with Gasteiger partial charge in [-0.3, -0.25) is 9.79 Å². The second-order valence-corrected chi connectivity index (χ2v) is 13.0. The van der Waals surface area contributed by atoms with Crippen LogP contribution in [0.2, 0.25) is 0 Å². The van der Waals surface area contributed by atoms with Crippen LogP contribution in [0.5, 0.6) is 11.6 Å². The van der Waals surface area contributed by atoms with Crippen molar-refractivity contribution in [2.45, 2.75) is 33.2 Å². The van der Waals surface area contributed by atoms with Crippen molar-refractivity contribution in [1.82, 2.24) is 14.8 Å². The number of fused-ring (bicyclic) bond motifs is 1. The lowest BCUT2D eigenvalue weighted by Crippen LogP contribution is -2.36. The molecule has 1 amide bonds. The van der Waals surface area contributed by atoms with Crippen LogP contribution in [0, 0.1) is 5.41 Å². The third-order valence-electron chi connectivity index (χ3n) is 9.29. The molecule has 1 fully saturated rings. The van der Waals surface area contributed by atoms with Crippen molar-refractivity contribution in [3.05, 3.63) is 101 Å². The number of amidine groups is 1. The SMILES string of the molecule is CCN1CCC(C)(CN(C)CCc2ccc(NC(=O)c3ccc4c(c3)NC(c3cc(-c5cccnc5OC)ccc3O)=NC4)cc2)C1. The summed E-state index contributed by atoms with van der Waals surface area (Å²) in [6.45, 7) is 10.7. The highest BCUT2D eigenvalue weighted by Gasteiger charge is 2.33. The Morgan fingerprint density at radius 2 is 1.94 bits per heavy atom. The lowest BCUT2D eigenvalue weighted by molar-refractivity contribution is 0.102. The molecule has 3 heterocycles. The highest BCUT2D eigenvalue weighted by molar-refractivity contribution is 6.12. The molecule has 1 atom stereocenters. The van der Waals surface area contributed by atoms with Crippen molar-refractivity contribution in [2.24, 2.45) is 10.4 Å². The fourth-order valence-corrected chi connectivity index (χ4v) is 6.66. The molecule has 1 unspecified atom stereocenters.